The van der Waals surface area contributed by atoms with E-state index >= 15 is 0 Å². The van der Waals surface area contributed by atoms with Crippen molar-refractivity contribution in [3.8, 4) is 0 Å². The van der Waals surface area contributed by atoms with Gasteiger partial charge in [0, 0.05) is 27.2 Å². The molecule has 0 saturated carbocycles. The van der Waals surface area contributed by atoms with Crippen LogP contribution >= 0.6 is 0 Å². The van der Waals surface area contributed by atoms with Crippen molar-refractivity contribution in [3.63, 3.8) is 0 Å². The molecule has 0 rings (SSSR count). The van der Waals surface area contributed by atoms with Gasteiger partial charge < -0.3 is 24.4 Å². The molecule has 0 radical (unpaired) electrons. The summed E-state index contributed by atoms with van der Waals surface area (Å²) in [5.74, 6) is -3.57. The number of rotatable bonds is 6. The zero-order valence-electron chi connectivity index (χ0n) is 13.9. The molecule has 1 N–H and O–H groups in total. The Kier molecular flexibility index (Phi) is 8.09. The molecule has 0 aromatic heterocycles. The summed E-state index contributed by atoms with van der Waals surface area (Å²) in [7, 11) is 6.42. The van der Waals surface area contributed by atoms with Crippen molar-refractivity contribution in [2.75, 3.05) is 35.4 Å². The highest BCUT2D eigenvalue weighted by Gasteiger charge is 2.31. The molecular weight excluding hydrogens is 308 g/mol. The van der Waals surface area contributed by atoms with E-state index < -0.39 is 35.1 Å². The molecule has 0 unspecified atom stereocenters. The van der Waals surface area contributed by atoms with Crippen molar-refractivity contribution in [1.82, 2.24) is 10.2 Å². The average molecular weight is 328 g/mol. The molecule has 9 heteroatoms. The van der Waals surface area contributed by atoms with Crippen LogP contribution in [-0.4, -0.2) is 64.1 Å². The topological polar surface area (TPSA) is 111 Å². The predicted octanol–water partition coefficient (Wildman–Crippen LogP) is -0.659. The Morgan fingerprint density at radius 2 is 1.35 bits per heavy atom. The molecule has 0 spiro atoms. The highest BCUT2D eigenvalue weighted by molar-refractivity contribution is 6.12. The Hall–Kier alpha value is -2.84. The SMILES string of the molecule is COC(=O)C(=C/N(C)C)/C(C(=O)OC)=C(\NC(C)=O)C(=O)OC. The number of esters is 3. The first kappa shape index (κ1) is 20.2. The Balaban J connectivity index is 6.59. The standard InChI is InChI=1S/C14H20N2O7/c1-8(17)15-11(14(20)23-6)10(13(19)22-5)9(7-16(2)3)12(18)21-4/h7H,1-6H3,(H,15,17)/b9-7+,11-10+. The van der Waals surface area contributed by atoms with Gasteiger partial charge in [0.15, 0.2) is 0 Å². The van der Waals surface area contributed by atoms with Crippen LogP contribution in [0.5, 0.6) is 0 Å². The van der Waals surface area contributed by atoms with Crippen molar-refractivity contribution < 1.29 is 33.4 Å². The molecule has 9 nitrogen and oxygen atoms in total. The van der Waals surface area contributed by atoms with E-state index in [2.05, 4.69) is 19.5 Å². The maximum absolute atomic E-state index is 12.1. The zero-order valence-corrected chi connectivity index (χ0v) is 13.9. The summed E-state index contributed by atoms with van der Waals surface area (Å²) in [4.78, 5) is 48.8. The Bertz CT molecular complexity index is 561. The number of hydrogen-bond acceptors (Lipinski definition) is 8. The maximum atomic E-state index is 12.1. The molecule has 0 atom stereocenters. The zero-order chi connectivity index (χ0) is 18.2. The average Bonchev–Trinajstić information content (AvgIpc) is 2.50. The van der Waals surface area contributed by atoms with Gasteiger partial charge in [0.05, 0.1) is 26.9 Å². The lowest BCUT2D eigenvalue weighted by Gasteiger charge is -2.16. The molecule has 0 heterocycles. The molecule has 1 amide bonds. The van der Waals surface area contributed by atoms with Gasteiger partial charge in [-0.2, -0.15) is 0 Å². The number of carbonyl (C=O) groups excluding carboxylic acids is 4. The largest absolute Gasteiger partial charge is 0.465 e. The van der Waals surface area contributed by atoms with Gasteiger partial charge in [0.25, 0.3) is 0 Å². The smallest absolute Gasteiger partial charge is 0.355 e. The van der Waals surface area contributed by atoms with Gasteiger partial charge in [0.1, 0.15) is 11.3 Å². The lowest BCUT2D eigenvalue weighted by molar-refractivity contribution is -0.141. The molecule has 0 saturated heterocycles. The van der Waals surface area contributed by atoms with Gasteiger partial charge >= 0.3 is 17.9 Å². The summed E-state index contributed by atoms with van der Waals surface area (Å²) in [5.41, 5.74) is -1.28. The number of carbonyl (C=O) groups is 4. The summed E-state index contributed by atoms with van der Waals surface area (Å²) < 4.78 is 13.8. The Morgan fingerprint density at radius 1 is 0.870 bits per heavy atom. The number of hydrogen-bond donors (Lipinski definition) is 1. The minimum Gasteiger partial charge on any atom is -0.465 e. The fourth-order valence-corrected chi connectivity index (χ4v) is 1.53. The summed E-state index contributed by atoms with van der Waals surface area (Å²) in [6.07, 6.45) is 1.25. The van der Waals surface area contributed by atoms with Crippen molar-refractivity contribution in [1.29, 1.82) is 0 Å². The van der Waals surface area contributed by atoms with Crippen LogP contribution in [0, 0.1) is 0 Å². The van der Waals surface area contributed by atoms with Crippen LogP contribution < -0.4 is 5.32 Å². The lowest BCUT2D eigenvalue weighted by atomic mass is 10.0. The van der Waals surface area contributed by atoms with Gasteiger partial charge in [-0.25, -0.2) is 14.4 Å². The summed E-state index contributed by atoms with van der Waals surface area (Å²) >= 11 is 0. The molecule has 0 bridgehead atoms. The second-order valence-corrected chi connectivity index (χ2v) is 4.41. The van der Waals surface area contributed by atoms with Crippen LogP contribution in [0.2, 0.25) is 0 Å². The van der Waals surface area contributed by atoms with Crippen molar-refractivity contribution in [3.05, 3.63) is 23.0 Å². The van der Waals surface area contributed by atoms with E-state index in [1.54, 1.807) is 14.1 Å². The summed E-state index contributed by atoms with van der Waals surface area (Å²) in [6.45, 7) is 1.13. The number of nitrogens with one attached hydrogen (secondary N) is 1. The number of ether oxygens (including phenoxy) is 3. The third-order valence-corrected chi connectivity index (χ3v) is 2.39. The number of nitrogens with zero attached hydrogens (tertiary/aromatic N) is 1. The van der Waals surface area contributed by atoms with Gasteiger partial charge in [-0.05, 0) is 0 Å². The van der Waals surface area contributed by atoms with Crippen molar-refractivity contribution in [2.24, 2.45) is 0 Å². The second-order valence-electron chi connectivity index (χ2n) is 4.41. The minimum absolute atomic E-state index is 0.279. The van der Waals surface area contributed by atoms with Crippen LogP contribution in [0.3, 0.4) is 0 Å². The van der Waals surface area contributed by atoms with Gasteiger partial charge in [0.2, 0.25) is 5.91 Å². The van der Waals surface area contributed by atoms with E-state index in [0.717, 1.165) is 28.3 Å². The van der Waals surface area contributed by atoms with Gasteiger partial charge in [-0.15, -0.1) is 0 Å². The molecule has 0 aromatic carbocycles. The monoisotopic (exact) mass is 328 g/mol. The van der Waals surface area contributed by atoms with Gasteiger partial charge in [-0.1, -0.05) is 0 Å². The highest BCUT2D eigenvalue weighted by Crippen LogP contribution is 2.19. The first-order chi connectivity index (χ1) is 10.7. The Labute approximate surface area is 133 Å². The van der Waals surface area contributed by atoms with Crippen LogP contribution in [0.25, 0.3) is 0 Å². The third kappa shape index (κ3) is 5.81. The van der Waals surface area contributed by atoms with Crippen molar-refractivity contribution in [2.45, 2.75) is 6.92 Å². The quantitative estimate of drug-likeness (QED) is 0.296. The highest BCUT2D eigenvalue weighted by atomic mass is 16.5. The lowest BCUT2D eigenvalue weighted by Crippen LogP contribution is -2.31. The normalized spacial score (nSPS) is 11.8. The first-order valence-electron chi connectivity index (χ1n) is 6.34. The van der Waals surface area contributed by atoms with Crippen LogP contribution in [-0.2, 0) is 33.4 Å². The van der Waals surface area contributed by atoms with E-state index in [9.17, 15) is 19.2 Å². The van der Waals surface area contributed by atoms with E-state index in [1.165, 1.54) is 11.1 Å². The second kappa shape index (κ2) is 9.23. The van der Waals surface area contributed by atoms with Crippen LogP contribution in [0.15, 0.2) is 23.0 Å². The predicted molar refractivity (Wildman–Crippen MR) is 78.7 cm³/mol. The van der Waals surface area contributed by atoms with Crippen LogP contribution in [0.4, 0.5) is 0 Å². The fourth-order valence-electron chi connectivity index (χ4n) is 1.53. The van der Waals surface area contributed by atoms with E-state index in [-0.39, 0.29) is 5.57 Å². The maximum Gasteiger partial charge on any atom is 0.355 e. The molecule has 0 fully saturated rings. The summed E-state index contributed by atoms with van der Waals surface area (Å²) in [5, 5.41) is 2.18. The number of amides is 1. The van der Waals surface area contributed by atoms with Crippen molar-refractivity contribution >= 4 is 23.8 Å². The van der Waals surface area contributed by atoms with E-state index in [1.807, 2.05) is 0 Å². The number of methoxy groups -OCH3 is 3. The van der Waals surface area contributed by atoms with Crippen LogP contribution in [0.1, 0.15) is 6.92 Å². The molecule has 0 aliphatic carbocycles. The molecule has 0 aliphatic heterocycles. The molecular formula is C14H20N2O7. The molecule has 0 aliphatic rings. The third-order valence-electron chi connectivity index (χ3n) is 2.39. The minimum atomic E-state index is -1.02. The molecule has 0 aromatic rings. The van der Waals surface area contributed by atoms with Gasteiger partial charge in [-0.3, -0.25) is 4.79 Å². The first-order valence-corrected chi connectivity index (χ1v) is 6.34. The fraction of sp³-hybridized carbons (Fsp3) is 0.429. The Morgan fingerprint density at radius 3 is 1.70 bits per heavy atom. The molecule has 128 valence electrons. The van der Waals surface area contributed by atoms with E-state index in [4.69, 9.17) is 0 Å². The molecule has 23 heavy (non-hydrogen) atoms. The summed E-state index contributed by atoms with van der Waals surface area (Å²) in [6, 6.07) is 0. The van der Waals surface area contributed by atoms with E-state index in [0.29, 0.717) is 0 Å².